The number of hydrogen-bond acceptors (Lipinski definition) is 4. The smallest absolute Gasteiger partial charge is 0.276 e. The number of sulfonamides is 1. The highest BCUT2D eigenvalue weighted by atomic mass is 35.5. The molecule has 10 heteroatoms. The Kier molecular flexibility index (Phi) is 5.12. The number of alkyl halides is 3. The molecule has 0 aliphatic heterocycles. The van der Waals surface area contributed by atoms with Crippen LogP contribution in [0, 0.1) is 5.92 Å². The molecule has 0 unspecified atom stereocenters. The summed E-state index contributed by atoms with van der Waals surface area (Å²) < 4.78 is 61.4. The summed E-state index contributed by atoms with van der Waals surface area (Å²) in [5, 5.41) is 0.208. The molecule has 1 aromatic carbocycles. The Morgan fingerprint density at radius 3 is 2.61 bits per heavy atom. The van der Waals surface area contributed by atoms with E-state index >= 15 is 0 Å². The van der Waals surface area contributed by atoms with Gasteiger partial charge in [-0.2, -0.15) is 21.6 Å². The minimum atomic E-state index is -5.55. The van der Waals surface area contributed by atoms with E-state index in [-0.39, 0.29) is 22.0 Å². The molecule has 0 atom stereocenters. The van der Waals surface area contributed by atoms with E-state index in [2.05, 4.69) is 12.1 Å². The monoisotopic (exact) mass is 370 g/mol. The molecule has 2 rings (SSSR count). The van der Waals surface area contributed by atoms with E-state index in [0.29, 0.717) is 12.5 Å². The van der Waals surface area contributed by atoms with E-state index in [1.165, 1.54) is 16.9 Å². The maximum Gasteiger partial charge on any atom is 0.516 e. The zero-order valence-electron chi connectivity index (χ0n) is 11.8. The first-order valence-corrected chi connectivity index (χ1v) is 8.42. The third-order valence-corrected chi connectivity index (χ3v) is 4.40. The summed E-state index contributed by atoms with van der Waals surface area (Å²) in [6, 6.07) is 3.66. The minimum Gasteiger partial charge on any atom is -0.276 e. The summed E-state index contributed by atoms with van der Waals surface area (Å²) in [5.41, 5.74) is -3.10. The molecule has 0 bridgehead atoms. The van der Waals surface area contributed by atoms with E-state index in [0.717, 1.165) is 18.9 Å². The first kappa shape index (κ1) is 17.9. The molecule has 5 nitrogen and oxygen atoms in total. The number of hydroxylamine groups is 1. The van der Waals surface area contributed by atoms with Crippen molar-refractivity contribution in [3.05, 3.63) is 35.4 Å². The van der Waals surface area contributed by atoms with E-state index in [1.807, 2.05) is 0 Å². The largest absolute Gasteiger partial charge is 0.516 e. The predicted molar refractivity (Wildman–Crippen MR) is 80.9 cm³/mol. The zero-order chi connectivity index (χ0) is 17.3. The van der Waals surface area contributed by atoms with Crippen LogP contribution in [0.4, 0.5) is 18.9 Å². The summed E-state index contributed by atoms with van der Waals surface area (Å²) >= 11 is 5.81. The highest BCUT2D eigenvalue weighted by Gasteiger charge is 2.46. The van der Waals surface area contributed by atoms with E-state index in [4.69, 9.17) is 16.4 Å². The Morgan fingerprint density at radius 2 is 2.04 bits per heavy atom. The van der Waals surface area contributed by atoms with E-state index in [1.54, 1.807) is 0 Å². The lowest BCUT2D eigenvalue weighted by molar-refractivity contribution is -0.0429. The number of rotatable bonds is 7. The predicted octanol–water partition coefficient (Wildman–Crippen LogP) is 3.50. The van der Waals surface area contributed by atoms with Crippen molar-refractivity contribution < 1.29 is 26.4 Å². The summed E-state index contributed by atoms with van der Waals surface area (Å²) in [6.45, 7) is 4.06. The fraction of sp³-hybridized carbons (Fsp3) is 0.385. The van der Waals surface area contributed by atoms with Gasteiger partial charge in [-0.25, -0.2) is 0 Å². The Bertz CT molecular complexity index is 703. The van der Waals surface area contributed by atoms with Crippen molar-refractivity contribution in [3.8, 4) is 0 Å². The SMILES string of the molecule is C=C(NOCC1CC1)c1cc(Cl)ccc1NS(=O)(=O)C(F)(F)F. The number of benzene rings is 1. The van der Waals surface area contributed by atoms with Gasteiger partial charge in [-0.05, 0) is 37.0 Å². The van der Waals surface area contributed by atoms with Gasteiger partial charge in [0, 0.05) is 10.6 Å². The highest BCUT2D eigenvalue weighted by molar-refractivity contribution is 7.93. The molecule has 1 aromatic rings. The molecule has 1 aliphatic rings. The number of hydrogen-bond donors (Lipinski definition) is 2. The fourth-order valence-electron chi connectivity index (χ4n) is 1.64. The van der Waals surface area contributed by atoms with Gasteiger partial charge in [0.2, 0.25) is 0 Å². The number of nitrogens with one attached hydrogen (secondary N) is 2. The summed E-state index contributed by atoms with van der Waals surface area (Å²) in [7, 11) is -5.55. The lowest BCUT2D eigenvalue weighted by atomic mass is 10.1. The molecule has 1 fully saturated rings. The molecule has 2 N–H and O–H groups in total. The third-order valence-electron chi connectivity index (χ3n) is 3.07. The summed E-state index contributed by atoms with van der Waals surface area (Å²) in [6.07, 6.45) is 2.11. The lowest BCUT2D eigenvalue weighted by Gasteiger charge is -2.16. The van der Waals surface area contributed by atoms with Gasteiger partial charge < -0.3 is 0 Å². The first-order chi connectivity index (χ1) is 10.6. The topological polar surface area (TPSA) is 67.4 Å². The quantitative estimate of drug-likeness (QED) is 0.721. The molecule has 1 saturated carbocycles. The molecule has 23 heavy (non-hydrogen) atoms. The first-order valence-electron chi connectivity index (χ1n) is 6.56. The van der Waals surface area contributed by atoms with Gasteiger partial charge in [0.15, 0.2) is 0 Å². The molecule has 0 aromatic heterocycles. The van der Waals surface area contributed by atoms with Crippen LogP contribution in [0.15, 0.2) is 24.8 Å². The maximum absolute atomic E-state index is 12.5. The molecular weight excluding hydrogens is 357 g/mol. The second-order valence-electron chi connectivity index (χ2n) is 5.08. The zero-order valence-corrected chi connectivity index (χ0v) is 13.4. The summed E-state index contributed by atoms with van der Waals surface area (Å²) in [5.74, 6) is 0.456. The van der Waals surface area contributed by atoms with E-state index in [9.17, 15) is 21.6 Å². The van der Waals surface area contributed by atoms with Crippen LogP contribution < -0.4 is 10.2 Å². The van der Waals surface area contributed by atoms with Gasteiger partial charge in [0.25, 0.3) is 0 Å². The van der Waals surface area contributed by atoms with Crippen molar-refractivity contribution in [1.29, 1.82) is 0 Å². The van der Waals surface area contributed by atoms with Crippen LogP contribution in [0.5, 0.6) is 0 Å². The van der Waals surface area contributed by atoms with Crippen LogP contribution in [-0.2, 0) is 14.9 Å². The molecule has 1 aliphatic carbocycles. The maximum atomic E-state index is 12.5. The van der Waals surface area contributed by atoms with Gasteiger partial charge >= 0.3 is 15.5 Å². The van der Waals surface area contributed by atoms with Crippen LogP contribution in [0.25, 0.3) is 5.70 Å². The van der Waals surface area contributed by atoms with Crippen molar-refractivity contribution in [2.24, 2.45) is 5.92 Å². The van der Waals surface area contributed by atoms with Gasteiger partial charge in [-0.1, -0.05) is 18.2 Å². The second-order valence-corrected chi connectivity index (χ2v) is 7.19. The van der Waals surface area contributed by atoms with E-state index < -0.39 is 15.5 Å². The van der Waals surface area contributed by atoms with Gasteiger partial charge in [-0.15, -0.1) is 0 Å². The van der Waals surface area contributed by atoms with Crippen LogP contribution in [0.1, 0.15) is 18.4 Å². The summed E-state index contributed by atoms with van der Waals surface area (Å²) in [4.78, 5) is 5.17. The molecule has 0 heterocycles. The molecule has 128 valence electrons. The van der Waals surface area contributed by atoms with Crippen LogP contribution >= 0.6 is 11.6 Å². The Balaban J connectivity index is 2.17. The number of anilines is 1. The molecule has 0 saturated heterocycles. The minimum absolute atomic E-state index is 0.0566. The van der Waals surface area contributed by atoms with Crippen molar-refractivity contribution in [1.82, 2.24) is 5.48 Å². The highest BCUT2D eigenvalue weighted by Crippen LogP contribution is 2.31. The van der Waals surface area contributed by atoms with Crippen molar-refractivity contribution >= 4 is 33.0 Å². The Hall–Kier alpha value is -1.45. The van der Waals surface area contributed by atoms with Crippen molar-refractivity contribution in [2.75, 3.05) is 11.3 Å². The van der Waals surface area contributed by atoms with Gasteiger partial charge in [-0.3, -0.25) is 15.0 Å². The molecule has 0 spiro atoms. The van der Waals surface area contributed by atoms with Gasteiger partial charge in [0.1, 0.15) is 0 Å². The standard InChI is InChI=1S/C13H14ClF3N2O3S/c1-8(18-22-7-9-2-3-9)11-6-10(14)4-5-12(11)19-23(20,21)13(15,16)17/h4-6,9,18-19H,1-3,7H2. The van der Waals surface area contributed by atoms with Gasteiger partial charge in [0.05, 0.1) is 18.0 Å². The number of halogens is 4. The van der Waals surface area contributed by atoms with Crippen molar-refractivity contribution in [3.63, 3.8) is 0 Å². The fourth-order valence-corrected chi connectivity index (χ4v) is 2.40. The average Bonchev–Trinajstić information content (AvgIpc) is 3.23. The molecule has 0 amide bonds. The Morgan fingerprint density at radius 1 is 1.39 bits per heavy atom. The van der Waals surface area contributed by atoms with Crippen LogP contribution in [0.2, 0.25) is 5.02 Å². The van der Waals surface area contributed by atoms with Crippen LogP contribution in [-0.4, -0.2) is 20.5 Å². The van der Waals surface area contributed by atoms with Crippen molar-refractivity contribution in [2.45, 2.75) is 18.3 Å². The second kappa shape index (κ2) is 6.58. The molecule has 0 radical (unpaired) electrons. The third kappa shape index (κ3) is 4.76. The molecular formula is C13H14ClF3N2O3S. The average molecular weight is 371 g/mol. The lowest BCUT2D eigenvalue weighted by Crippen LogP contribution is -2.30. The van der Waals surface area contributed by atoms with Crippen LogP contribution in [0.3, 0.4) is 0 Å². The Labute approximate surface area is 136 Å². The normalized spacial score (nSPS) is 15.3.